The first-order chi connectivity index (χ1) is 12.6. The summed E-state index contributed by atoms with van der Waals surface area (Å²) in [6.45, 7) is 4.72. The number of nitrogens with one attached hydrogen (secondary N) is 2. The van der Waals surface area contributed by atoms with Crippen LogP contribution in [0.2, 0.25) is 0 Å². The molecule has 2 heterocycles. The van der Waals surface area contributed by atoms with Crippen LogP contribution in [0.15, 0.2) is 22.5 Å². The zero-order valence-electron chi connectivity index (χ0n) is 16.1. The molecule has 27 heavy (non-hydrogen) atoms. The second-order valence-electron chi connectivity index (χ2n) is 6.47. The maximum atomic E-state index is 11.8. The second kappa shape index (κ2) is 14.1. The number of guanidine groups is 1. The lowest BCUT2D eigenvalue weighted by Gasteiger charge is -2.14. The molecular weight excluding hydrogens is 479 g/mol. The first-order valence-electron chi connectivity index (χ1n) is 9.05. The summed E-state index contributed by atoms with van der Waals surface area (Å²) in [5, 5.41) is 8.59. The van der Waals surface area contributed by atoms with Gasteiger partial charge in [0.2, 0.25) is 5.91 Å². The summed E-state index contributed by atoms with van der Waals surface area (Å²) in [6.07, 6.45) is 1.98. The van der Waals surface area contributed by atoms with Gasteiger partial charge in [-0.1, -0.05) is 6.07 Å². The molecule has 0 saturated carbocycles. The topological polar surface area (TPSA) is 75.2 Å². The molecule has 2 N–H and O–H groups in total. The fourth-order valence-corrected chi connectivity index (χ4v) is 3.04. The fraction of sp³-hybridized carbons (Fsp3) is 0.667. The van der Waals surface area contributed by atoms with Crippen LogP contribution in [0.3, 0.4) is 0 Å². The van der Waals surface area contributed by atoms with Crippen molar-refractivity contribution >= 4 is 47.2 Å². The van der Waals surface area contributed by atoms with Gasteiger partial charge >= 0.3 is 0 Å². The van der Waals surface area contributed by atoms with E-state index in [2.05, 4.69) is 21.7 Å². The minimum absolute atomic E-state index is 0. The summed E-state index contributed by atoms with van der Waals surface area (Å²) >= 11 is 1.69. The largest absolute Gasteiger partial charge is 0.381 e. The van der Waals surface area contributed by atoms with Crippen molar-refractivity contribution in [3.63, 3.8) is 0 Å². The molecule has 154 valence electrons. The van der Waals surface area contributed by atoms with E-state index in [0.717, 1.165) is 39.2 Å². The van der Waals surface area contributed by atoms with E-state index in [4.69, 9.17) is 9.47 Å². The number of hydrogen-bond acceptors (Lipinski definition) is 5. The van der Waals surface area contributed by atoms with Gasteiger partial charge in [0.15, 0.2) is 5.96 Å². The Balaban J connectivity index is 0.00000364. The van der Waals surface area contributed by atoms with Crippen molar-refractivity contribution < 1.29 is 14.3 Å². The Morgan fingerprint density at radius 3 is 2.96 bits per heavy atom. The van der Waals surface area contributed by atoms with Crippen molar-refractivity contribution in [2.24, 2.45) is 10.9 Å². The van der Waals surface area contributed by atoms with Crippen LogP contribution in [0.4, 0.5) is 0 Å². The number of nitrogens with zero attached hydrogens (tertiary/aromatic N) is 2. The molecule has 7 nitrogen and oxygen atoms in total. The molecule has 2 rings (SSSR count). The highest BCUT2D eigenvalue weighted by molar-refractivity contribution is 14.0. The number of likely N-dealkylation sites (N-methyl/N-ethyl adjacent to an activating group) is 1. The second-order valence-corrected chi connectivity index (χ2v) is 7.50. The molecule has 1 aliphatic rings. The van der Waals surface area contributed by atoms with E-state index in [1.165, 1.54) is 4.88 Å². The minimum atomic E-state index is -0.0238. The van der Waals surface area contributed by atoms with Crippen molar-refractivity contribution in [1.29, 1.82) is 0 Å². The zero-order chi connectivity index (χ0) is 18.6. The lowest BCUT2D eigenvalue weighted by molar-refractivity contribution is -0.127. The molecule has 1 saturated heterocycles. The molecule has 9 heteroatoms. The standard InChI is InChI=1S/C18H30N4O3S.HI/c1-22(2)17(23)12-21-18(20-11-16-5-3-10-26-16)19-7-4-8-24-13-15-6-9-25-14-15;/h3,5,10,15H,4,6-9,11-14H2,1-2H3,(H2,19,20,21);1H. The maximum absolute atomic E-state index is 11.8. The van der Waals surface area contributed by atoms with Crippen LogP contribution in [-0.2, 0) is 20.8 Å². The number of carbonyl (C=O) groups is 1. The average Bonchev–Trinajstić information content (AvgIpc) is 3.32. The van der Waals surface area contributed by atoms with E-state index in [-0.39, 0.29) is 36.4 Å². The van der Waals surface area contributed by atoms with E-state index < -0.39 is 0 Å². The van der Waals surface area contributed by atoms with E-state index in [0.29, 0.717) is 25.0 Å². The van der Waals surface area contributed by atoms with Crippen LogP contribution >= 0.6 is 35.3 Å². The van der Waals surface area contributed by atoms with E-state index in [1.54, 1.807) is 30.3 Å². The third-order valence-electron chi connectivity index (χ3n) is 4.02. The first-order valence-corrected chi connectivity index (χ1v) is 9.93. The monoisotopic (exact) mass is 510 g/mol. The Morgan fingerprint density at radius 2 is 2.30 bits per heavy atom. The van der Waals surface area contributed by atoms with Gasteiger partial charge in [-0.15, -0.1) is 35.3 Å². The molecule has 1 unspecified atom stereocenters. The molecule has 1 amide bonds. The summed E-state index contributed by atoms with van der Waals surface area (Å²) in [7, 11) is 3.47. The molecule has 1 aromatic heterocycles. The van der Waals surface area contributed by atoms with Crippen molar-refractivity contribution in [2.75, 3.05) is 53.6 Å². The van der Waals surface area contributed by atoms with Crippen LogP contribution in [-0.4, -0.2) is 70.4 Å². The number of aliphatic imine (C=N–C) groups is 1. The number of ether oxygens (including phenoxy) is 2. The highest BCUT2D eigenvalue weighted by atomic mass is 127. The maximum Gasteiger partial charge on any atom is 0.243 e. The molecule has 0 bridgehead atoms. The van der Waals surface area contributed by atoms with Gasteiger partial charge in [0.25, 0.3) is 0 Å². The van der Waals surface area contributed by atoms with Crippen molar-refractivity contribution in [3.05, 3.63) is 22.4 Å². The Bertz CT molecular complexity index is 549. The molecule has 1 atom stereocenters. The summed E-state index contributed by atoms with van der Waals surface area (Å²) < 4.78 is 11.0. The van der Waals surface area contributed by atoms with Gasteiger partial charge in [-0.25, -0.2) is 4.99 Å². The van der Waals surface area contributed by atoms with Gasteiger partial charge < -0.3 is 25.0 Å². The third-order valence-corrected chi connectivity index (χ3v) is 4.89. The number of carbonyl (C=O) groups excluding carboxylic acids is 1. The van der Waals surface area contributed by atoms with Crippen LogP contribution in [0.1, 0.15) is 17.7 Å². The minimum Gasteiger partial charge on any atom is -0.381 e. The molecule has 0 aliphatic carbocycles. The Kier molecular flexibility index (Phi) is 12.6. The molecule has 0 radical (unpaired) electrons. The Hall–Kier alpha value is -0.910. The number of hydrogen-bond donors (Lipinski definition) is 2. The van der Waals surface area contributed by atoms with Crippen LogP contribution < -0.4 is 10.6 Å². The van der Waals surface area contributed by atoms with E-state index >= 15 is 0 Å². The zero-order valence-corrected chi connectivity index (χ0v) is 19.3. The van der Waals surface area contributed by atoms with Crippen molar-refractivity contribution in [3.8, 4) is 0 Å². The lowest BCUT2D eigenvalue weighted by atomic mass is 10.1. The van der Waals surface area contributed by atoms with E-state index in [9.17, 15) is 4.79 Å². The third kappa shape index (κ3) is 10.3. The summed E-state index contributed by atoms with van der Waals surface area (Å²) in [5.74, 6) is 1.17. The molecular formula is C18H31IN4O3S. The SMILES string of the molecule is CN(C)C(=O)CN=C(NCCCOCC1CCOC1)NCc1cccs1.I. The first kappa shape index (κ1) is 24.1. The van der Waals surface area contributed by atoms with Gasteiger partial charge in [-0.05, 0) is 24.3 Å². The van der Waals surface area contributed by atoms with Crippen LogP contribution in [0.25, 0.3) is 0 Å². The molecule has 0 spiro atoms. The normalized spacial score (nSPS) is 16.7. The van der Waals surface area contributed by atoms with Crippen molar-refractivity contribution in [1.82, 2.24) is 15.5 Å². The summed E-state index contributed by atoms with van der Waals surface area (Å²) in [4.78, 5) is 18.9. The molecule has 1 aliphatic heterocycles. The van der Waals surface area contributed by atoms with Gasteiger partial charge in [0.1, 0.15) is 6.54 Å². The molecule has 1 fully saturated rings. The summed E-state index contributed by atoms with van der Waals surface area (Å²) in [5.41, 5.74) is 0. The van der Waals surface area contributed by atoms with Gasteiger partial charge in [-0.2, -0.15) is 0 Å². The predicted molar refractivity (Wildman–Crippen MR) is 120 cm³/mol. The van der Waals surface area contributed by atoms with Gasteiger partial charge in [0, 0.05) is 44.6 Å². The van der Waals surface area contributed by atoms with Crippen LogP contribution in [0.5, 0.6) is 0 Å². The lowest BCUT2D eigenvalue weighted by Crippen LogP contribution is -2.38. The number of halogens is 1. The van der Waals surface area contributed by atoms with Crippen molar-refractivity contribution in [2.45, 2.75) is 19.4 Å². The molecule has 1 aromatic rings. The predicted octanol–water partition coefficient (Wildman–Crippen LogP) is 1.93. The number of thiophene rings is 1. The van der Waals surface area contributed by atoms with Gasteiger partial charge in [0.05, 0.1) is 19.8 Å². The summed E-state index contributed by atoms with van der Waals surface area (Å²) in [6, 6.07) is 4.09. The Morgan fingerprint density at radius 1 is 1.44 bits per heavy atom. The highest BCUT2D eigenvalue weighted by Gasteiger charge is 2.15. The van der Waals surface area contributed by atoms with Gasteiger partial charge in [-0.3, -0.25) is 4.79 Å². The highest BCUT2D eigenvalue weighted by Crippen LogP contribution is 2.12. The fourth-order valence-electron chi connectivity index (χ4n) is 2.39. The van der Waals surface area contributed by atoms with E-state index in [1.807, 2.05) is 11.4 Å². The quantitative estimate of drug-likeness (QED) is 0.218. The number of rotatable bonds is 10. The Labute approximate surface area is 182 Å². The smallest absolute Gasteiger partial charge is 0.243 e. The van der Waals surface area contributed by atoms with Crippen LogP contribution in [0, 0.1) is 5.92 Å². The average molecular weight is 510 g/mol. The number of amides is 1. The molecule has 0 aromatic carbocycles.